The Morgan fingerprint density at radius 3 is 2.67 bits per heavy atom. The molecule has 0 aliphatic heterocycles. The lowest BCUT2D eigenvalue weighted by molar-refractivity contribution is -0.140. The van der Waals surface area contributed by atoms with Crippen molar-refractivity contribution in [2.24, 2.45) is 5.92 Å². The summed E-state index contributed by atoms with van der Waals surface area (Å²) in [6, 6.07) is 6.68. The largest absolute Gasteiger partial charge is 0.480 e. The van der Waals surface area contributed by atoms with Crippen molar-refractivity contribution in [3.05, 3.63) is 36.0 Å². The van der Waals surface area contributed by atoms with Crippen molar-refractivity contribution in [1.82, 2.24) is 9.88 Å². The molecule has 1 aromatic carbocycles. The van der Waals surface area contributed by atoms with E-state index >= 15 is 0 Å². The molecule has 0 aliphatic rings. The highest BCUT2D eigenvalue weighted by atomic mass is 16.5. The van der Waals surface area contributed by atoms with Crippen LogP contribution in [-0.4, -0.2) is 41.3 Å². The molecule has 2 atom stereocenters. The molecule has 1 amide bonds. The molecule has 0 saturated carbocycles. The third-order valence-electron chi connectivity index (χ3n) is 4.34. The first kappa shape index (κ1) is 18.0. The molecule has 0 bridgehead atoms. The van der Waals surface area contributed by atoms with Crippen LogP contribution in [0, 0.1) is 5.92 Å². The van der Waals surface area contributed by atoms with Crippen LogP contribution in [-0.2, 0) is 16.1 Å². The average Bonchev–Trinajstić information content (AvgIpc) is 2.95. The number of nitrogens with one attached hydrogen (secondary N) is 1. The second-order valence-electron chi connectivity index (χ2n) is 5.92. The number of carbonyl (C=O) groups excluding carboxylic acids is 1. The van der Waals surface area contributed by atoms with Crippen LogP contribution in [0.4, 0.5) is 0 Å². The fraction of sp³-hybridized carbons (Fsp3) is 0.444. The van der Waals surface area contributed by atoms with Crippen molar-refractivity contribution in [1.29, 1.82) is 0 Å². The van der Waals surface area contributed by atoms with Crippen LogP contribution in [0.15, 0.2) is 30.5 Å². The highest BCUT2D eigenvalue weighted by Gasteiger charge is 2.27. The highest BCUT2D eigenvalue weighted by Crippen LogP contribution is 2.22. The number of rotatable bonds is 8. The monoisotopic (exact) mass is 332 g/mol. The minimum Gasteiger partial charge on any atom is -0.480 e. The summed E-state index contributed by atoms with van der Waals surface area (Å²) < 4.78 is 7.06. The van der Waals surface area contributed by atoms with Crippen LogP contribution in [0.1, 0.15) is 30.6 Å². The van der Waals surface area contributed by atoms with Crippen molar-refractivity contribution in [2.45, 2.75) is 32.9 Å². The summed E-state index contributed by atoms with van der Waals surface area (Å²) in [4.78, 5) is 24.1. The smallest absolute Gasteiger partial charge is 0.326 e. The molecule has 0 unspecified atom stereocenters. The van der Waals surface area contributed by atoms with Crippen molar-refractivity contribution in [3.63, 3.8) is 0 Å². The number of hydrogen-bond donors (Lipinski definition) is 2. The molecule has 2 N–H and O–H groups in total. The van der Waals surface area contributed by atoms with Crippen molar-refractivity contribution >= 4 is 22.8 Å². The predicted octanol–water partition coefficient (Wildman–Crippen LogP) is 2.52. The Kier molecular flexibility index (Phi) is 5.98. The fourth-order valence-corrected chi connectivity index (χ4v) is 2.70. The van der Waals surface area contributed by atoms with Gasteiger partial charge in [-0.1, -0.05) is 38.5 Å². The predicted molar refractivity (Wildman–Crippen MR) is 92.2 cm³/mol. The maximum absolute atomic E-state index is 12.7. The summed E-state index contributed by atoms with van der Waals surface area (Å²) in [7, 11) is 1.63. The van der Waals surface area contributed by atoms with Gasteiger partial charge in [-0.2, -0.15) is 0 Å². The number of ether oxygens (including phenoxy) is 1. The standard InChI is InChI=1S/C18H24N2O4/c1-4-12(2)16(18(22)23)19-17(21)14-11-20(9-10-24-3)15-8-6-5-7-13(14)15/h5-8,11-12,16H,4,9-10H2,1-3H3,(H,19,21)(H,22,23)/t12-,16-/m0/s1. The first-order valence-corrected chi connectivity index (χ1v) is 8.10. The van der Waals surface area contributed by atoms with E-state index in [1.165, 1.54) is 0 Å². The number of methoxy groups -OCH3 is 1. The first-order valence-electron chi connectivity index (χ1n) is 8.10. The van der Waals surface area contributed by atoms with Crippen LogP contribution in [0.25, 0.3) is 10.9 Å². The molecule has 0 fully saturated rings. The Balaban J connectivity index is 2.33. The minimum atomic E-state index is -1.01. The number of carboxylic acids is 1. The van der Waals surface area contributed by atoms with E-state index in [1.54, 1.807) is 13.3 Å². The summed E-state index contributed by atoms with van der Waals surface area (Å²) in [5.41, 5.74) is 1.41. The molecule has 6 heteroatoms. The third-order valence-corrected chi connectivity index (χ3v) is 4.34. The lowest BCUT2D eigenvalue weighted by atomic mass is 9.99. The number of hydrogen-bond acceptors (Lipinski definition) is 3. The van der Waals surface area contributed by atoms with Crippen molar-refractivity contribution < 1.29 is 19.4 Å². The van der Waals surface area contributed by atoms with Crippen molar-refractivity contribution in [2.75, 3.05) is 13.7 Å². The lowest BCUT2D eigenvalue weighted by Gasteiger charge is -2.19. The Hall–Kier alpha value is -2.34. The molecule has 1 heterocycles. The van der Waals surface area contributed by atoms with Gasteiger partial charge in [0.05, 0.1) is 12.2 Å². The zero-order valence-corrected chi connectivity index (χ0v) is 14.3. The molecule has 24 heavy (non-hydrogen) atoms. The molecule has 0 spiro atoms. The summed E-state index contributed by atoms with van der Waals surface area (Å²) >= 11 is 0. The topological polar surface area (TPSA) is 80.6 Å². The van der Waals surface area contributed by atoms with E-state index in [0.717, 1.165) is 10.9 Å². The molecule has 0 aliphatic carbocycles. The third kappa shape index (κ3) is 3.76. The highest BCUT2D eigenvalue weighted by molar-refractivity contribution is 6.07. The SMILES string of the molecule is CC[C@H](C)[C@H](NC(=O)c1cn(CCOC)c2ccccc12)C(=O)O. The number of carbonyl (C=O) groups is 2. The van der Waals surface area contributed by atoms with Crippen molar-refractivity contribution in [3.8, 4) is 0 Å². The summed E-state index contributed by atoms with van der Waals surface area (Å²) in [5.74, 6) is -1.52. The molecule has 2 rings (SSSR count). The summed E-state index contributed by atoms with van der Waals surface area (Å²) in [5, 5.41) is 12.8. The number of fused-ring (bicyclic) bond motifs is 1. The van der Waals surface area contributed by atoms with E-state index in [1.807, 2.05) is 42.7 Å². The van der Waals surface area contributed by atoms with Gasteiger partial charge >= 0.3 is 5.97 Å². The maximum atomic E-state index is 12.7. The molecule has 0 saturated heterocycles. The van der Waals surface area contributed by atoms with Gasteiger partial charge < -0.3 is 19.7 Å². The van der Waals surface area contributed by atoms with E-state index in [-0.39, 0.29) is 11.8 Å². The van der Waals surface area contributed by atoms with Gasteiger partial charge in [0.15, 0.2) is 0 Å². The molecule has 2 aromatic rings. The zero-order valence-electron chi connectivity index (χ0n) is 14.3. The fourth-order valence-electron chi connectivity index (χ4n) is 2.70. The van der Waals surface area contributed by atoms with Crippen LogP contribution in [0.2, 0.25) is 0 Å². The van der Waals surface area contributed by atoms with E-state index < -0.39 is 12.0 Å². The van der Waals surface area contributed by atoms with Gasteiger partial charge in [0.2, 0.25) is 0 Å². The van der Waals surface area contributed by atoms with E-state index in [2.05, 4.69) is 5.32 Å². The summed E-state index contributed by atoms with van der Waals surface area (Å²) in [6.07, 6.45) is 2.43. The van der Waals surface area contributed by atoms with Crippen LogP contribution in [0.5, 0.6) is 0 Å². The Labute approximate surface area is 141 Å². The van der Waals surface area contributed by atoms with Gasteiger partial charge in [0.1, 0.15) is 6.04 Å². The van der Waals surface area contributed by atoms with E-state index in [4.69, 9.17) is 4.74 Å². The molecule has 0 radical (unpaired) electrons. The average molecular weight is 332 g/mol. The molecule has 130 valence electrons. The van der Waals surface area contributed by atoms with Gasteiger partial charge in [-0.3, -0.25) is 4.79 Å². The van der Waals surface area contributed by atoms with E-state index in [9.17, 15) is 14.7 Å². The second-order valence-corrected chi connectivity index (χ2v) is 5.92. The minimum absolute atomic E-state index is 0.145. The number of benzene rings is 1. The van der Waals surface area contributed by atoms with Crippen LogP contribution >= 0.6 is 0 Å². The Morgan fingerprint density at radius 1 is 1.33 bits per heavy atom. The van der Waals surface area contributed by atoms with E-state index in [0.29, 0.717) is 25.1 Å². The number of carboxylic acid groups (broad SMARTS) is 1. The Morgan fingerprint density at radius 2 is 2.04 bits per heavy atom. The number of amides is 1. The van der Waals surface area contributed by atoms with Gasteiger partial charge in [-0.05, 0) is 12.0 Å². The quantitative estimate of drug-likeness (QED) is 0.778. The van der Waals surface area contributed by atoms with Gasteiger partial charge in [-0.15, -0.1) is 0 Å². The van der Waals surface area contributed by atoms with Crippen LogP contribution < -0.4 is 5.32 Å². The van der Waals surface area contributed by atoms with Crippen LogP contribution in [0.3, 0.4) is 0 Å². The number of aromatic nitrogens is 1. The normalized spacial score (nSPS) is 13.6. The second kappa shape index (κ2) is 7.97. The molecular formula is C18H24N2O4. The molecular weight excluding hydrogens is 308 g/mol. The number of aliphatic carboxylic acids is 1. The number of para-hydroxylation sites is 1. The molecule has 6 nitrogen and oxygen atoms in total. The molecule has 1 aromatic heterocycles. The van der Waals surface area contributed by atoms with Gasteiger partial charge in [0.25, 0.3) is 5.91 Å². The first-order chi connectivity index (χ1) is 11.5. The van der Waals surface area contributed by atoms with Gasteiger partial charge in [-0.25, -0.2) is 4.79 Å². The maximum Gasteiger partial charge on any atom is 0.326 e. The Bertz CT molecular complexity index is 723. The zero-order chi connectivity index (χ0) is 17.7. The summed E-state index contributed by atoms with van der Waals surface area (Å²) in [6.45, 7) is 4.88. The lowest BCUT2D eigenvalue weighted by Crippen LogP contribution is -2.45. The van der Waals surface area contributed by atoms with Gasteiger partial charge in [0, 0.05) is 30.8 Å². The number of nitrogens with zero attached hydrogens (tertiary/aromatic N) is 1.